The number of nitrogens with zero attached hydrogens (tertiary/aromatic N) is 1. The summed E-state index contributed by atoms with van der Waals surface area (Å²) in [6, 6.07) is 2.36. The molecule has 18 heavy (non-hydrogen) atoms. The Morgan fingerprint density at radius 2 is 1.89 bits per heavy atom. The van der Waals surface area contributed by atoms with Crippen LogP contribution in [0.5, 0.6) is 0 Å². The number of halogens is 4. The molecule has 0 amide bonds. The number of anilines is 1. The lowest BCUT2D eigenvalue weighted by atomic mass is 10.2. The highest BCUT2D eigenvalue weighted by atomic mass is 19.4. The standard InChI is InChI=1S/C12H16F4N2/c1-18(2)7-3-6-17-11-8-9(12(14,15)16)4-5-10(11)13/h4-5,8,17H,3,6-7H2,1-2H3. The summed E-state index contributed by atoms with van der Waals surface area (Å²) < 4.78 is 50.6. The number of rotatable bonds is 5. The van der Waals surface area contributed by atoms with Gasteiger partial charge < -0.3 is 10.2 Å². The van der Waals surface area contributed by atoms with Gasteiger partial charge >= 0.3 is 6.18 Å². The summed E-state index contributed by atoms with van der Waals surface area (Å²) in [4.78, 5) is 1.95. The van der Waals surface area contributed by atoms with Gasteiger partial charge in [-0.3, -0.25) is 0 Å². The number of nitrogens with one attached hydrogen (secondary N) is 1. The highest BCUT2D eigenvalue weighted by Crippen LogP contribution is 2.31. The average Bonchev–Trinajstić information content (AvgIpc) is 2.24. The van der Waals surface area contributed by atoms with Crippen LogP contribution in [-0.4, -0.2) is 32.1 Å². The van der Waals surface area contributed by atoms with Crippen LogP contribution in [0.4, 0.5) is 23.2 Å². The van der Waals surface area contributed by atoms with Crippen molar-refractivity contribution in [2.75, 3.05) is 32.5 Å². The van der Waals surface area contributed by atoms with E-state index in [9.17, 15) is 17.6 Å². The van der Waals surface area contributed by atoms with E-state index in [2.05, 4.69) is 5.32 Å². The van der Waals surface area contributed by atoms with Crippen LogP contribution in [0.3, 0.4) is 0 Å². The lowest BCUT2D eigenvalue weighted by molar-refractivity contribution is -0.137. The Balaban J connectivity index is 2.64. The number of hydrogen-bond donors (Lipinski definition) is 1. The van der Waals surface area contributed by atoms with Crippen LogP contribution in [0.25, 0.3) is 0 Å². The Bertz CT molecular complexity index is 388. The molecule has 102 valence electrons. The van der Waals surface area contributed by atoms with Gasteiger partial charge in [0.2, 0.25) is 0 Å². The van der Waals surface area contributed by atoms with Gasteiger partial charge in [-0.05, 0) is 45.3 Å². The summed E-state index contributed by atoms with van der Waals surface area (Å²) in [7, 11) is 3.79. The van der Waals surface area contributed by atoms with Crippen LogP contribution in [0.15, 0.2) is 18.2 Å². The normalized spacial score (nSPS) is 11.9. The summed E-state index contributed by atoms with van der Waals surface area (Å²) in [6.07, 6.45) is -3.73. The van der Waals surface area contributed by atoms with Gasteiger partial charge in [-0.25, -0.2) is 4.39 Å². The first-order chi connectivity index (χ1) is 8.30. The Morgan fingerprint density at radius 1 is 1.22 bits per heavy atom. The minimum Gasteiger partial charge on any atom is -0.383 e. The maximum Gasteiger partial charge on any atom is 0.416 e. The highest BCUT2D eigenvalue weighted by molar-refractivity contribution is 5.47. The second-order valence-corrected chi connectivity index (χ2v) is 4.28. The Morgan fingerprint density at radius 3 is 2.44 bits per heavy atom. The zero-order valence-electron chi connectivity index (χ0n) is 10.3. The molecule has 0 radical (unpaired) electrons. The van der Waals surface area contributed by atoms with Gasteiger partial charge in [0, 0.05) is 6.54 Å². The first-order valence-electron chi connectivity index (χ1n) is 5.56. The molecular weight excluding hydrogens is 248 g/mol. The molecule has 0 aliphatic heterocycles. The van der Waals surface area contributed by atoms with Crippen molar-refractivity contribution >= 4 is 5.69 Å². The van der Waals surface area contributed by atoms with Crippen LogP contribution >= 0.6 is 0 Å². The van der Waals surface area contributed by atoms with Crippen molar-refractivity contribution in [3.63, 3.8) is 0 Å². The third-order valence-corrected chi connectivity index (χ3v) is 2.39. The van der Waals surface area contributed by atoms with Gasteiger partial charge in [0.25, 0.3) is 0 Å². The number of hydrogen-bond acceptors (Lipinski definition) is 2. The minimum absolute atomic E-state index is 0.108. The van der Waals surface area contributed by atoms with Crippen molar-refractivity contribution < 1.29 is 17.6 Å². The summed E-state index contributed by atoms with van der Waals surface area (Å²) in [5, 5.41) is 2.68. The van der Waals surface area contributed by atoms with Gasteiger partial charge in [0.05, 0.1) is 11.3 Å². The second kappa shape index (κ2) is 6.04. The SMILES string of the molecule is CN(C)CCCNc1cc(C(F)(F)F)ccc1F. The quantitative estimate of drug-likeness (QED) is 0.649. The van der Waals surface area contributed by atoms with E-state index in [4.69, 9.17) is 0 Å². The van der Waals surface area contributed by atoms with Crippen molar-refractivity contribution in [3.05, 3.63) is 29.6 Å². The third kappa shape index (κ3) is 4.52. The molecule has 0 saturated heterocycles. The van der Waals surface area contributed by atoms with Gasteiger partial charge in [-0.1, -0.05) is 0 Å². The van der Waals surface area contributed by atoms with Crippen LogP contribution < -0.4 is 5.32 Å². The van der Waals surface area contributed by atoms with Crippen molar-refractivity contribution in [2.45, 2.75) is 12.6 Å². The highest BCUT2D eigenvalue weighted by Gasteiger charge is 2.31. The topological polar surface area (TPSA) is 15.3 Å². The maximum atomic E-state index is 13.3. The lowest BCUT2D eigenvalue weighted by Gasteiger charge is -2.13. The maximum absolute atomic E-state index is 13.3. The minimum atomic E-state index is -4.45. The van der Waals surface area contributed by atoms with E-state index in [-0.39, 0.29) is 5.69 Å². The van der Waals surface area contributed by atoms with E-state index in [1.54, 1.807) is 0 Å². The summed E-state index contributed by atoms with van der Waals surface area (Å²) >= 11 is 0. The fourth-order valence-corrected chi connectivity index (χ4v) is 1.46. The molecule has 0 atom stereocenters. The third-order valence-electron chi connectivity index (χ3n) is 2.39. The molecule has 1 N–H and O–H groups in total. The Hall–Kier alpha value is -1.30. The van der Waals surface area contributed by atoms with E-state index in [1.165, 1.54) is 0 Å². The second-order valence-electron chi connectivity index (χ2n) is 4.28. The van der Waals surface area contributed by atoms with Gasteiger partial charge in [-0.15, -0.1) is 0 Å². The smallest absolute Gasteiger partial charge is 0.383 e. The van der Waals surface area contributed by atoms with Crippen LogP contribution in [0.2, 0.25) is 0 Å². The first kappa shape index (κ1) is 14.8. The van der Waals surface area contributed by atoms with Crippen molar-refractivity contribution in [1.82, 2.24) is 4.90 Å². The van der Waals surface area contributed by atoms with Crippen molar-refractivity contribution in [1.29, 1.82) is 0 Å². The van der Waals surface area contributed by atoms with E-state index in [1.807, 2.05) is 19.0 Å². The fraction of sp³-hybridized carbons (Fsp3) is 0.500. The van der Waals surface area contributed by atoms with Crippen LogP contribution in [0, 0.1) is 5.82 Å². The van der Waals surface area contributed by atoms with Gasteiger partial charge in [0.15, 0.2) is 0 Å². The first-order valence-corrected chi connectivity index (χ1v) is 5.56. The predicted octanol–water partition coefficient (Wildman–Crippen LogP) is 3.21. The molecule has 1 aromatic rings. The van der Waals surface area contributed by atoms with Crippen LogP contribution in [0.1, 0.15) is 12.0 Å². The molecular formula is C12H16F4N2. The van der Waals surface area contributed by atoms with E-state index in [0.29, 0.717) is 6.54 Å². The van der Waals surface area contributed by atoms with Crippen molar-refractivity contribution in [2.24, 2.45) is 0 Å². The summed E-state index contributed by atoms with van der Waals surface area (Å²) in [5.41, 5.74) is -0.956. The predicted molar refractivity (Wildman–Crippen MR) is 63.1 cm³/mol. The molecule has 0 unspecified atom stereocenters. The molecule has 0 fully saturated rings. The molecule has 0 aromatic heterocycles. The Labute approximate surface area is 104 Å². The molecule has 0 heterocycles. The largest absolute Gasteiger partial charge is 0.416 e. The molecule has 0 spiro atoms. The summed E-state index contributed by atoms with van der Waals surface area (Å²) in [6.45, 7) is 1.21. The molecule has 1 rings (SSSR count). The van der Waals surface area contributed by atoms with Gasteiger partial charge in [0.1, 0.15) is 5.82 Å². The van der Waals surface area contributed by atoms with Crippen molar-refractivity contribution in [3.8, 4) is 0 Å². The summed E-state index contributed by atoms with van der Waals surface area (Å²) in [5.74, 6) is -0.673. The molecule has 0 bridgehead atoms. The van der Waals surface area contributed by atoms with E-state index < -0.39 is 17.6 Å². The molecule has 0 aliphatic carbocycles. The zero-order valence-corrected chi connectivity index (χ0v) is 10.3. The zero-order chi connectivity index (χ0) is 13.8. The fourth-order valence-electron chi connectivity index (χ4n) is 1.46. The molecule has 6 heteroatoms. The van der Waals surface area contributed by atoms with E-state index >= 15 is 0 Å². The molecule has 2 nitrogen and oxygen atoms in total. The molecule has 0 aliphatic rings. The number of benzene rings is 1. The molecule has 0 saturated carbocycles. The van der Waals surface area contributed by atoms with E-state index in [0.717, 1.165) is 31.2 Å². The molecule has 1 aromatic carbocycles. The average molecular weight is 264 g/mol. The monoisotopic (exact) mass is 264 g/mol. The lowest BCUT2D eigenvalue weighted by Crippen LogP contribution is -2.17. The number of alkyl halides is 3. The van der Waals surface area contributed by atoms with Gasteiger partial charge in [-0.2, -0.15) is 13.2 Å². The Kier molecular flexibility index (Phi) is 4.95. The van der Waals surface area contributed by atoms with Crippen LogP contribution in [-0.2, 0) is 6.18 Å².